The van der Waals surface area contributed by atoms with Gasteiger partial charge in [-0.25, -0.2) is 13.8 Å². The number of carbonyl (C=O) groups is 1. The van der Waals surface area contributed by atoms with Crippen molar-refractivity contribution in [3.63, 3.8) is 0 Å². The van der Waals surface area contributed by atoms with Crippen LogP contribution in [0.3, 0.4) is 0 Å². The zero-order chi connectivity index (χ0) is 29.4. The molecule has 0 saturated heterocycles. The fourth-order valence-corrected chi connectivity index (χ4v) is 5.93. The Labute approximate surface area is 262 Å². The molecule has 8 nitrogen and oxygen atoms in total. The Bertz CT molecular complexity index is 1650. The van der Waals surface area contributed by atoms with Gasteiger partial charge in [-0.15, -0.1) is 0 Å². The molecule has 0 atom stereocenters. The first kappa shape index (κ1) is 30.6. The van der Waals surface area contributed by atoms with E-state index in [0.29, 0.717) is 32.8 Å². The van der Waals surface area contributed by atoms with Crippen molar-refractivity contribution in [3.05, 3.63) is 116 Å². The van der Waals surface area contributed by atoms with Crippen LogP contribution < -0.4 is 19.2 Å². The fourth-order valence-electron chi connectivity index (χ4n) is 3.66. The second-order valence-corrected chi connectivity index (χ2v) is 12.5. The topological polar surface area (TPSA) is 97.3 Å². The highest BCUT2D eigenvalue weighted by Gasteiger charge is 2.27. The number of ether oxygens (including phenoxy) is 2. The lowest BCUT2D eigenvalue weighted by molar-refractivity contribution is -0.119. The molecule has 0 aliphatic rings. The van der Waals surface area contributed by atoms with E-state index in [1.807, 2.05) is 0 Å². The predicted molar refractivity (Wildman–Crippen MR) is 170 cm³/mol. The van der Waals surface area contributed by atoms with Gasteiger partial charge in [0.15, 0.2) is 11.5 Å². The molecular formula is C29H24Cl2IN3O5S. The zero-order valence-electron chi connectivity index (χ0n) is 21.6. The maximum Gasteiger partial charge on any atom is 0.264 e. The summed E-state index contributed by atoms with van der Waals surface area (Å²) in [5.74, 6) is 0.314. The molecular weight excluding hydrogens is 700 g/mol. The van der Waals surface area contributed by atoms with E-state index in [9.17, 15) is 13.2 Å². The zero-order valence-corrected chi connectivity index (χ0v) is 26.1. The molecule has 1 N–H and O–H groups in total. The van der Waals surface area contributed by atoms with E-state index in [-0.39, 0.29) is 11.5 Å². The van der Waals surface area contributed by atoms with E-state index < -0.39 is 22.5 Å². The summed E-state index contributed by atoms with van der Waals surface area (Å²) in [6.45, 7) is -0.267. The first-order valence-electron chi connectivity index (χ1n) is 12.1. The van der Waals surface area contributed by atoms with E-state index in [1.165, 1.54) is 25.5 Å². The van der Waals surface area contributed by atoms with Gasteiger partial charge in [0, 0.05) is 19.2 Å². The van der Waals surface area contributed by atoms with Gasteiger partial charge in [0.25, 0.3) is 15.9 Å². The second-order valence-electron chi connectivity index (χ2n) is 8.53. The quantitative estimate of drug-likeness (QED) is 0.108. The Hall–Kier alpha value is -3.32. The number of halogens is 3. The number of benzene rings is 4. The van der Waals surface area contributed by atoms with Gasteiger partial charge in [-0.1, -0.05) is 47.5 Å². The molecule has 212 valence electrons. The van der Waals surface area contributed by atoms with Crippen LogP contribution in [0.15, 0.2) is 101 Å². The van der Waals surface area contributed by atoms with Gasteiger partial charge >= 0.3 is 0 Å². The normalized spacial score (nSPS) is 11.3. The number of hydrogen-bond acceptors (Lipinski definition) is 6. The third-order valence-corrected chi connectivity index (χ3v) is 8.82. The van der Waals surface area contributed by atoms with Crippen LogP contribution in [-0.2, 0) is 21.4 Å². The molecule has 0 aliphatic heterocycles. The maximum atomic E-state index is 13.4. The van der Waals surface area contributed by atoms with Crippen molar-refractivity contribution in [1.29, 1.82) is 0 Å². The number of nitrogens with one attached hydrogen (secondary N) is 1. The third kappa shape index (κ3) is 8.13. The van der Waals surface area contributed by atoms with E-state index in [2.05, 4.69) is 33.1 Å². The molecule has 0 saturated carbocycles. The summed E-state index contributed by atoms with van der Waals surface area (Å²) in [7, 11) is -2.50. The van der Waals surface area contributed by atoms with E-state index in [4.69, 9.17) is 32.7 Å². The number of nitrogens with zero attached hydrogens (tertiary/aromatic N) is 2. The lowest BCUT2D eigenvalue weighted by Crippen LogP contribution is -2.39. The summed E-state index contributed by atoms with van der Waals surface area (Å²) in [5, 5.41) is 5.03. The number of hydrogen-bond donors (Lipinski definition) is 1. The van der Waals surface area contributed by atoms with Crippen LogP contribution in [0.5, 0.6) is 11.5 Å². The number of rotatable bonds is 11. The number of sulfonamides is 1. The highest BCUT2D eigenvalue weighted by Crippen LogP contribution is 2.30. The van der Waals surface area contributed by atoms with Crippen LogP contribution in [0.25, 0.3) is 0 Å². The molecule has 0 radical (unpaired) electrons. The highest BCUT2D eigenvalue weighted by atomic mass is 127. The van der Waals surface area contributed by atoms with Gasteiger partial charge in [-0.05, 0) is 94.9 Å². The Morgan fingerprint density at radius 3 is 2.39 bits per heavy atom. The van der Waals surface area contributed by atoms with Gasteiger partial charge in [-0.3, -0.25) is 9.10 Å². The lowest BCUT2D eigenvalue weighted by Gasteiger charge is -2.23. The van der Waals surface area contributed by atoms with Crippen LogP contribution in [0.2, 0.25) is 10.0 Å². The molecule has 0 aromatic heterocycles. The molecule has 4 aromatic carbocycles. The van der Waals surface area contributed by atoms with Crippen molar-refractivity contribution in [1.82, 2.24) is 5.43 Å². The van der Waals surface area contributed by atoms with Gasteiger partial charge in [0.05, 0.1) is 23.9 Å². The van der Waals surface area contributed by atoms with Gasteiger partial charge in [0.2, 0.25) is 0 Å². The molecule has 0 spiro atoms. The second kappa shape index (κ2) is 14.0. The van der Waals surface area contributed by atoms with Crippen molar-refractivity contribution in [2.75, 3.05) is 18.0 Å². The fraction of sp³-hybridized carbons (Fsp3) is 0.103. The summed E-state index contributed by atoms with van der Waals surface area (Å²) in [6, 6.07) is 25.0. The van der Waals surface area contributed by atoms with Gasteiger partial charge < -0.3 is 9.47 Å². The molecule has 0 aliphatic carbocycles. The monoisotopic (exact) mass is 723 g/mol. The van der Waals surface area contributed by atoms with Gasteiger partial charge in [0.1, 0.15) is 13.2 Å². The standard InChI is InChI=1S/C29H24Cl2IN3O5S/c1-39-28-15-20(7-14-27(28)40-19-21-8-9-22(30)16-26(21)31)17-33-34-29(36)18-35(24-12-10-23(32)11-13-24)41(37,38)25-5-3-2-4-6-25/h2-17H,18-19H2,1H3,(H,34,36)/b33-17-. The average molecular weight is 724 g/mol. The number of hydrazone groups is 1. The predicted octanol–water partition coefficient (Wildman–Crippen LogP) is 6.53. The minimum absolute atomic E-state index is 0.0718. The summed E-state index contributed by atoms with van der Waals surface area (Å²) >= 11 is 14.3. The molecule has 4 rings (SSSR count). The highest BCUT2D eigenvalue weighted by molar-refractivity contribution is 14.1. The molecule has 1 amide bonds. The van der Waals surface area contributed by atoms with Crippen molar-refractivity contribution < 1.29 is 22.7 Å². The molecule has 41 heavy (non-hydrogen) atoms. The Morgan fingerprint density at radius 1 is 0.976 bits per heavy atom. The van der Waals surface area contributed by atoms with E-state index >= 15 is 0 Å². The molecule has 0 unspecified atom stereocenters. The Balaban J connectivity index is 1.44. The van der Waals surface area contributed by atoms with Crippen LogP contribution >= 0.6 is 45.8 Å². The van der Waals surface area contributed by atoms with Crippen molar-refractivity contribution in [2.45, 2.75) is 11.5 Å². The number of methoxy groups -OCH3 is 1. The maximum absolute atomic E-state index is 13.4. The minimum atomic E-state index is -4.01. The Morgan fingerprint density at radius 2 is 1.71 bits per heavy atom. The number of amides is 1. The van der Waals surface area contributed by atoms with Gasteiger partial charge in [-0.2, -0.15) is 5.10 Å². The first-order valence-corrected chi connectivity index (χ1v) is 15.3. The molecule has 0 bridgehead atoms. The van der Waals surface area contributed by atoms with Crippen molar-refractivity contribution in [3.8, 4) is 11.5 Å². The lowest BCUT2D eigenvalue weighted by atomic mass is 10.2. The summed E-state index contributed by atoms with van der Waals surface area (Å²) in [6.07, 6.45) is 1.42. The van der Waals surface area contributed by atoms with Crippen molar-refractivity contribution >= 4 is 73.6 Å². The van der Waals surface area contributed by atoms with Crippen LogP contribution in [-0.4, -0.2) is 34.2 Å². The van der Waals surface area contributed by atoms with E-state index in [1.54, 1.807) is 78.9 Å². The van der Waals surface area contributed by atoms with Crippen LogP contribution in [0.1, 0.15) is 11.1 Å². The smallest absolute Gasteiger partial charge is 0.264 e. The summed E-state index contributed by atoms with van der Waals surface area (Å²) in [4.78, 5) is 12.9. The summed E-state index contributed by atoms with van der Waals surface area (Å²) in [5.41, 5.74) is 4.14. The summed E-state index contributed by atoms with van der Waals surface area (Å²) < 4.78 is 40.1. The van der Waals surface area contributed by atoms with Crippen molar-refractivity contribution in [2.24, 2.45) is 5.10 Å². The van der Waals surface area contributed by atoms with Crippen LogP contribution in [0, 0.1) is 3.57 Å². The molecule has 4 aromatic rings. The SMILES string of the molecule is COc1cc(/C=N\NC(=O)CN(c2ccc(I)cc2)S(=O)(=O)c2ccccc2)ccc1OCc1ccc(Cl)cc1Cl. The Kier molecular flexibility index (Phi) is 10.5. The van der Waals surface area contributed by atoms with E-state index in [0.717, 1.165) is 13.4 Å². The first-order chi connectivity index (χ1) is 19.7. The van der Waals surface area contributed by atoms with Crippen LogP contribution in [0.4, 0.5) is 5.69 Å². The molecule has 0 heterocycles. The third-order valence-electron chi connectivity index (χ3n) is 5.72. The molecule has 12 heteroatoms. The molecule has 0 fully saturated rings. The average Bonchev–Trinajstić information content (AvgIpc) is 2.97. The number of anilines is 1. The largest absolute Gasteiger partial charge is 0.493 e. The number of carbonyl (C=O) groups excluding carboxylic acids is 1. The minimum Gasteiger partial charge on any atom is -0.493 e.